The molecule has 1 unspecified atom stereocenters. The Hall–Kier alpha value is -1.06. The zero-order chi connectivity index (χ0) is 15.8. The lowest BCUT2D eigenvalue weighted by atomic mass is 10.0. The van der Waals surface area contributed by atoms with Crippen LogP contribution in [-0.2, 0) is 0 Å². The van der Waals surface area contributed by atoms with E-state index in [0.29, 0.717) is 12.1 Å². The summed E-state index contributed by atoms with van der Waals surface area (Å²) in [5, 5.41) is 3.60. The number of benzene rings is 1. The minimum atomic E-state index is 0.323. The number of rotatable bonds is 9. The van der Waals surface area contributed by atoms with Crippen LogP contribution in [0.25, 0.3) is 0 Å². The molecule has 0 fully saturated rings. The Morgan fingerprint density at radius 1 is 1.19 bits per heavy atom. The molecule has 0 radical (unpaired) electrons. The molecule has 0 bridgehead atoms. The van der Waals surface area contributed by atoms with Crippen molar-refractivity contribution in [2.45, 2.75) is 52.6 Å². The van der Waals surface area contributed by atoms with Crippen molar-refractivity contribution in [2.75, 3.05) is 27.2 Å². The molecule has 0 saturated heterocycles. The van der Waals surface area contributed by atoms with E-state index in [1.165, 1.54) is 30.5 Å². The van der Waals surface area contributed by atoms with Crippen molar-refractivity contribution >= 4 is 0 Å². The van der Waals surface area contributed by atoms with Crippen LogP contribution in [-0.4, -0.2) is 38.2 Å². The van der Waals surface area contributed by atoms with E-state index in [1.807, 2.05) is 0 Å². The van der Waals surface area contributed by atoms with Gasteiger partial charge in [0.1, 0.15) is 5.75 Å². The smallest absolute Gasteiger partial charge is 0.123 e. The van der Waals surface area contributed by atoms with Gasteiger partial charge in [-0.15, -0.1) is 0 Å². The summed E-state index contributed by atoms with van der Waals surface area (Å²) in [6.45, 7) is 11.0. The van der Waals surface area contributed by atoms with Crippen LogP contribution in [0.3, 0.4) is 0 Å². The Morgan fingerprint density at radius 3 is 2.52 bits per heavy atom. The van der Waals surface area contributed by atoms with Crippen molar-refractivity contribution in [1.82, 2.24) is 10.2 Å². The molecule has 1 aromatic rings. The molecule has 1 rings (SSSR count). The molecule has 120 valence electrons. The van der Waals surface area contributed by atoms with Gasteiger partial charge >= 0.3 is 0 Å². The fourth-order valence-electron chi connectivity index (χ4n) is 2.35. The van der Waals surface area contributed by atoms with Crippen LogP contribution in [0.2, 0.25) is 0 Å². The maximum absolute atomic E-state index is 5.49. The molecule has 0 saturated carbocycles. The fraction of sp³-hybridized carbons (Fsp3) is 0.667. The van der Waals surface area contributed by atoms with Crippen molar-refractivity contribution in [3.63, 3.8) is 0 Å². The highest BCUT2D eigenvalue weighted by Gasteiger charge is 2.10. The molecule has 0 heterocycles. The lowest BCUT2D eigenvalue weighted by Crippen LogP contribution is -2.28. The average Bonchev–Trinajstić information content (AvgIpc) is 2.45. The van der Waals surface area contributed by atoms with Gasteiger partial charge in [0, 0.05) is 17.6 Å². The second-order valence-electron chi connectivity index (χ2n) is 6.20. The maximum atomic E-state index is 5.49. The largest absolute Gasteiger partial charge is 0.496 e. The van der Waals surface area contributed by atoms with Gasteiger partial charge < -0.3 is 15.0 Å². The molecule has 1 N–H and O–H groups in total. The third-order valence-corrected chi connectivity index (χ3v) is 4.13. The van der Waals surface area contributed by atoms with Gasteiger partial charge in [0.25, 0.3) is 0 Å². The minimum absolute atomic E-state index is 0.323. The van der Waals surface area contributed by atoms with E-state index >= 15 is 0 Å². The Kier molecular flexibility index (Phi) is 7.76. The van der Waals surface area contributed by atoms with Gasteiger partial charge in [-0.1, -0.05) is 12.1 Å². The lowest BCUT2D eigenvalue weighted by molar-refractivity contribution is 0.267. The second-order valence-corrected chi connectivity index (χ2v) is 6.20. The summed E-state index contributed by atoms with van der Waals surface area (Å²) in [6.07, 6.45) is 2.44. The highest BCUT2D eigenvalue weighted by atomic mass is 16.5. The predicted octanol–water partition coefficient (Wildman–Crippen LogP) is 3.77. The van der Waals surface area contributed by atoms with Crippen LogP contribution < -0.4 is 10.1 Å². The van der Waals surface area contributed by atoms with Crippen LogP contribution in [0.1, 0.15) is 50.8 Å². The lowest BCUT2D eigenvalue weighted by Gasteiger charge is -2.21. The summed E-state index contributed by atoms with van der Waals surface area (Å²) in [7, 11) is 3.94. The zero-order valence-corrected chi connectivity index (χ0v) is 14.6. The number of ether oxygens (including phenoxy) is 1. The van der Waals surface area contributed by atoms with Crippen molar-refractivity contribution in [3.05, 3.63) is 29.3 Å². The first kappa shape index (κ1) is 18.0. The summed E-state index contributed by atoms with van der Waals surface area (Å²) >= 11 is 0. The number of nitrogens with one attached hydrogen (secondary N) is 1. The van der Waals surface area contributed by atoms with E-state index < -0.39 is 0 Å². The summed E-state index contributed by atoms with van der Waals surface area (Å²) in [4.78, 5) is 2.40. The number of nitrogens with zero attached hydrogens (tertiary/aromatic N) is 1. The molecule has 1 atom stereocenters. The van der Waals surface area contributed by atoms with Crippen LogP contribution in [0.15, 0.2) is 18.2 Å². The van der Waals surface area contributed by atoms with E-state index in [2.05, 4.69) is 63.2 Å². The normalized spacial score (nSPS) is 13.0. The molecular formula is C18H32N2O. The van der Waals surface area contributed by atoms with E-state index in [-0.39, 0.29) is 0 Å². The van der Waals surface area contributed by atoms with Crippen molar-refractivity contribution in [1.29, 1.82) is 0 Å². The predicted molar refractivity (Wildman–Crippen MR) is 91.1 cm³/mol. The quantitative estimate of drug-likeness (QED) is 0.701. The SMILES string of the molecule is COc1cc(C)ccc1C(C)NCCCCN(C)C(C)C. The van der Waals surface area contributed by atoms with E-state index in [0.717, 1.165) is 12.3 Å². The molecule has 0 aliphatic heterocycles. The van der Waals surface area contributed by atoms with Gasteiger partial charge in [-0.2, -0.15) is 0 Å². The molecule has 21 heavy (non-hydrogen) atoms. The zero-order valence-electron chi connectivity index (χ0n) is 14.6. The Balaban J connectivity index is 2.36. The van der Waals surface area contributed by atoms with Crippen LogP contribution in [0.4, 0.5) is 0 Å². The summed E-state index contributed by atoms with van der Waals surface area (Å²) in [6, 6.07) is 7.37. The molecule has 0 aliphatic rings. The number of unbranched alkanes of at least 4 members (excludes halogenated alkanes) is 1. The van der Waals surface area contributed by atoms with Gasteiger partial charge in [0.2, 0.25) is 0 Å². The number of hydrogen-bond acceptors (Lipinski definition) is 3. The molecule has 0 aliphatic carbocycles. The third-order valence-electron chi connectivity index (χ3n) is 4.13. The third kappa shape index (κ3) is 6.06. The second kappa shape index (κ2) is 9.06. The molecule has 0 amide bonds. The van der Waals surface area contributed by atoms with Gasteiger partial charge in [0.15, 0.2) is 0 Å². The molecule has 0 aromatic heterocycles. The Labute approximate surface area is 130 Å². The summed E-state index contributed by atoms with van der Waals surface area (Å²) in [5.74, 6) is 0.981. The van der Waals surface area contributed by atoms with Gasteiger partial charge in [-0.3, -0.25) is 0 Å². The monoisotopic (exact) mass is 292 g/mol. The van der Waals surface area contributed by atoms with Crippen molar-refractivity contribution in [3.8, 4) is 5.75 Å². The van der Waals surface area contributed by atoms with Crippen LogP contribution in [0.5, 0.6) is 5.75 Å². The van der Waals surface area contributed by atoms with Crippen molar-refractivity contribution in [2.24, 2.45) is 0 Å². The number of hydrogen-bond donors (Lipinski definition) is 1. The Morgan fingerprint density at radius 2 is 1.90 bits per heavy atom. The highest BCUT2D eigenvalue weighted by molar-refractivity contribution is 5.38. The van der Waals surface area contributed by atoms with Gasteiger partial charge in [0.05, 0.1) is 7.11 Å². The van der Waals surface area contributed by atoms with Gasteiger partial charge in [-0.25, -0.2) is 0 Å². The molecule has 3 heteroatoms. The molecule has 3 nitrogen and oxygen atoms in total. The average molecular weight is 292 g/mol. The summed E-state index contributed by atoms with van der Waals surface area (Å²) in [5.41, 5.74) is 2.47. The van der Waals surface area contributed by atoms with Crippen LogP contribution in [0, 0.1) is 6.92 Å². The van der Waals surface area contributed by atoms with E-state index in [1.54, 1.807) is 7.11 Å². The number of methoxy groups -OCH3 is 1. The fourth-order valence-corrected chi connectivity index (χ4v) is 2.35. The van der Waals surface area contributed by atoms with Crippen molar-refractivity contribution < 1.29 is 4.74 Å². The van der Waals surface area contributed by atoms with Crippen LogP contribution >= 0.6 is 0 Å². The topological polar surface area (TPSA) is 24.5 Å². The molecular weight excluding hydrogens is 260 g/mol. The summed E-state index contributed by atoms with van der Waals surface area (Å²) < 4.78 is 5.49. The van der Waals surface area contributed by atoms with Gasteiger partial charge in [-0.05, 0) is 72.3 Å². The highest BCUT2D eigenvalue weighted by Crippen LogP contribution is 2.25. The van der Waals surface area contributed by atoms with E-state index in [4.69, 9.17) is 4.74 Å². The van der Waals surface area contributed by atoms with E-state index in [9.17, 15) is 0 Å². The first-order valence-corrected chi connectivity index (χ1v) is 8.04. The number of aryl methyl sites for hydroxylation is 1. The maximum Gasteiger partial charge on any atom is 0.123 e. The molecule has 1 aromatic carbocycles. The standard InChI is InChI=1S/C18H32N2O/c1-14(2)20(5)12-8-7-11-19-16(4)17-10-9-15(3)13-18(17)21-6/h9-10,13-14,16,19H,7-8,11-12H2,1-6H3. The first-order chi connectivity index (χ1) is 9.95. The Bertz CT molecular complexity index is 418. The minimum Gasteiger partial charge on any atom is -0.496 e. The molecule has 0 spiro atoms. The first-order valence-electron chi connectivity index (χ1n) is 8.04.